The van der Waals surface area contributed by atoms with Gasteiger partial charge in [-0.3, -0.25) is 14.4 Å². The molecule has 0 aliphatic heterocycles. The predicted octanol–water partition coefficient (Wildman–Crippen LogP) is 17.3. The van der Waals surface area contributed by atoms with Gasteiger partial charge in [-0.1, -0.05) is 242 Å². The van der Waals surface area contributed by atoms with Gasteiger partial charge in [0.05, 0.1) is 6.42 Å². The third kappa shape index (κ3) is 48.1. The molecule has 0 bridgehead atoms. The van der Waals surface area contributed by atoms with Crippen LogP contribution < -0.4 is 0 Å². The molecule has 0 radical (unpaired) electrons. The van der Waals surface area contributed by atoms with Gasteiger partial charge in [-0.2, -0.15) is 0 Å². The van der Waals surface area contributed by atoms with E-state index in [4.69, 9.17) is 14.2 Å². The standard InChI is InChI=1S/C56H98O6/c1-4-7-10-13-16-19-21-23-25-27-28-29-31-32-34-37-40-43-46-49-55(58)61-52-53(51-60-54(57)48-45-42-39-36-18-15-12-9-6-3)62-56(59)50-47-44-41-38-35-33-30-26-24-22-20-17-14-11-8-5-2/h9,12,18,26,30,33,35-36,42,45,53H,4-8,10-11,13-17,19-25,27-29,31-32,34,37-41,43-44,46-52H2,1-3H3/b12-9-,30-26-,35-33-,36-18-,45-42-. The second-order valence-electron chi connectivity index (χ2n) is 17.5. The Morgan fingerprint density at radius 1 is 0.371 bits per heavy atom. The number of esters is 3. The summed E-state index contributed by atoms with van der Waals surface area (Å²) < 4.78 is 16.6. The zero-order valence-electron chi connectivity index (χ0n) is 40.9. The maximum atomic E-state index is 12.8. The smallest absolute Gasteiger partial charge is 0.309 e. The fourth-order valence-electron chi connectivity index (χ4n) is 7.38. The Hall–Kier alpha value is -2.89. The summed E-state index contributed by atoms with van der Waals surface area (Å²) in [6, 6.07) is 0. The normalized spacial score (nSPS) is 12.5. The molecule has 0 aliphatic carbocycles. The number of carbonyl (C=O) groups is 3. The van der Waals surface area contributed by atoms with Crippen molar-refractivity contribution in [2.75, 3.05) is 13.2 Å². The van der Waals surface area contributed by atoms with Crippen LogP contribution in [0.1, 0.15) is 258 Å². The maximum absolute atomic E-state index is 12.8. The van der Waals surface area contributed by atoms with Gasteiger partial charge in [-0.05, 0) is 57.8 Å². The second kappa shape index (κ2) is 50.8. The van der Waals surface area contributed by atoms with Crippen LogP contribution >= 0.6 is 0 Å². The first kappa shape index (κ1) is 59.1. The lowest BCUT2D eigenvalue weighted by Gasteiger charge is -2.18. The number of hydrogen-bond donors (Lipinski definition) is 0. The van der Waals surface area contributed by atoms with Crippen molar-refractivity contribution >= 4 is 17.9 Å². The number of unbranched alkanes of at least 4 members (excludes halogenated alkanes) is 28. The fourth-order valence-corrected chi connectivity index (χ4v) is 7.38. The van der Waals surface area contributed by atoms with Crippen molar-refractivity contribution in [3.8, 4) is 0 Å². The summed E-state index contributed by atoms with van der Waals surface area (Å²) in [5.41, 5.74) is 0. The van der Waals surface area contributed by atoms with Crippen molar-refractivity contribution in [3.05, 3.63) is 60.8 Å². The highest BCUT2D eigenvalue weighted by molar-refractivity contribution is 5.72. The highest BCUT2D eigenvalue weighted by atomic mass is 16.6. The van der Waals surface area contributed by atoms with Crippen molar-refractivity contribution in [1.82, 2.24) is 0 Å². The molecule has 1 unspecified atom stereocenters. The van der Waals surface area contributed by atoms with Crippen LogP contribution in [0.15, 0.2) is 60.8 Å². The van der Waals surface area contributed by atoms with Crippen molar-refractivity contribution in [3.63, 3.8) is 0 Å². The minimum atomic E-state index is -0.820. The molecule has 0 aliphatic rings. The van der Waals surface area contributed by atoms with Gasteiger partial charge in [0.1, 0.15) is 13.2 Å². The molecule has 0 saturated heterocycles. The third-order valence-electron chi connectivity index (χ3n) is 11.3. The van der Waals surface area contributed by atoms with Crippen LogP contribution in [0, 0.1) is 0 Å². The molecule has 358 valence electrons. The zero-order valence-corrected chi connectivity index (χ0v) is 40.9. The monoisotopic (exact) mass is 867 g/mol. The van der Waals surface area contributed by atoms with Gasteiger partial charge in [0.25, 0.3) is 0 Å². The first-order chi connectivity index (χ1) is 30.5. The molecule has 0 amide bonds. The Kier molecular flexibility index (Phi) is 48.4. The third-order valence-corrected chi connectivity index (χ3v) is 11.3. The summed E-state index contributed by atoms with van der Waals surface area (Å²) in [5.74, 6) is -1.06. The van der Waals surface area contributed by atoms with Gasteiger partial charge >= 0.3 is 17.9 Å². The van der Waals surface area contributed by atoms with E-state index in [0.29, 0.717) is 6.42 Å². The molecular formula is C56H98O6. The summed E-state index contributed by atoms with van der Waals surface area (Å²) in [6.07, 6.45) is 62.5. The van der Waals surface area contributed by atoms with Crippen molar-refractivity contribution in [1.29, 1.82) is 0 Å². The molecule has 0 N–H and O–H groups in total. The number of hydrogen-bond acceptors (Lipinski definition) is 6. The van der Waals surface area contributed by atoms with E-state index in [-0.39, 0.29) is 38.0 Å². The van der Waals surface area contributed by atoms with Crippen LogP contribution in [0.25, 0.3) is 0 Å². The quantitative estimate of drug-likeness (QED) is 0.0199. The molecule has 6 nitrogen and oxygen atoms in total. The highest BCUT2D eigenvalue weighted by Crippen LogP contribution is 2.16. The topological polar surface area (TPSA) is 78.9 Å². The molecule has 6 heteroatoms. The van der Waals surface area contributed by atoms with E-state index >= 15 is 0 Å². The minimum Gasteiger partial charge on any atom is -0.462 e. The van der Waals surface area contributed by atoms with E-state index in [1.54, 1.807) is 6.08 Å². The second-order valence-corrected chi connectivity index (χ2v) is 17.5. The molecule has 62 heavy (non-hydrogen) atoms. The van der Waals surface area contributed by atoms with E-state index in [1.165, 1.54) is 148 Å². The molecule has 0 spiro atoms. The lowest BCUT2D eigenvalue weighted by Crippen LogP contribution is -2.30. The van der Waals surface area contributed by atoms with E-state index in [1.807, 2.05) is 6.08 Å². The lowest BCUT2D eigenvalue weighted by molar-refractivity contribution is -0.166. The minimum absolute atomic E-state index is 0.110. The first-order valence-corrected chi connectivity index (χ1v) is 26.3. The van der Waals surface area contributed by atoms with Gasteiger partial charge in [0.2, 0.25) is 0 Å². The number of carbonyl (C=O) groups excluding carboxylic acids is 3. The molecule has 0 rings (SSSR count). The van der Waals surface area contributed by atoms with Crippen molar-refractivity contribution < 1.29 is 28.6 Å². The van der Waals surface area contributed by atoms with Gasteiger partial charge < -0.3 is 14.2 Å². The summed E-state index contributed by atoms with van der Waals surface area (Å²) in [4.78, 5) is 37.8. The van der Waals surface area contributed by atoms with Crippen LogP contribution in [0.5, 0.6) is 0 Å². The van der Waals surface area contributed by atoms with Crippen LogP contribution in [-0.4, -0.2) is 37.2 Å². The SMILES string of the molecule is CC/C=C\C/C=C\C/C=C\CC(=O)OCC(COC(=O)CCCCCCCCCCCCCCCCCCCCC)OC(=O)CCCCC/C=C\C=C/CCCCCCCCC. The molecule has 0 aromatic carbocycles. The predicted molar refractivity (Wildman–Crippen MR) is 265 cm³/mol. The van der Waals surface area contributed by atoms with Crippen LogP contribution in [0.4, 0.5) is 0 Å². The average Bonchev–Trinajstić information content (AvgIpc) is 3.27. The number of ether oxygens (including phenoxy) is 3. The van der Waals surface area contributed by atoms with Gasteiger partial charge in [0, 0.05) is 12.8 Å². The van der Waals surface area contributed by atoms with Crippen molar-refractivity contribution in [2.24, 2.45) is 0 Å². The molecule has 0 aromatic rings. The average molecular weight is 867 g/mol. The van der Waals surface area contributed by atoms with E-state index in [2.05, 4.69) is 69.4 Å². The molecular weight excluding hydrogens is 769 g/mol. The fraction of sp³-hybridized carbons (Fsp3) is 0.768. The summed E-state index contributed by atoms with van der Waals surface area (Å²) in [7, 11) is 0. The van der Waals surface area contributed by atoms with Gasteiger partial charge in [-0.15, -0.1) is 0 Å². The Morgan fingerprint density at radius 2 is 0.726 bits per heavy atom. The van der Waals surface area contributed by atoms with Crippen LogP contribution in [0.3, 0.4) is 0 Å². The summed E-state index contributed by atoms with van der Waals surface area (Å²) in [5, 5.41) is 0. The van der Waals surface area contributed by atoms with E-state index < -0.39 is 12.1 Å². The van der Waals surface area contributed by atoms with E-state index in [0.717, 1.165) is 70.6 Å². The Bertz CT molecular complexity index is 1130. The lowest BCUT2D eigenvalue weighted by atomic mass is 10.0. The largest absolute Gasteiger partial charge is 0.462 e. The molecule has 0 aromatic heterocycles. The number of allylic oxidation sites excluding steroid dienone is 9. The molecule has 0 fully saturated rings. The maximum Gasteiger partial charge on any atom is 0.309 e. The van der Waals surface area contributed by atoms with E-state index in [9.17, 15) is 14.4 Å². The van der Waals surface area contributed by atoms with Crippen LogP contribution in [0.2, 0.25) is 0 Å². The Balaban J connectivity index is 4.35. The molecule has 0 saturated carbocycles. The van der Waals surface area contributed by atoms with Gasteiger partial charge in [-0.25, -0.2) is 0 Å². The zero-order chi connectivity index (χ0) is 45.1. The number of rotatable bonds is 47. The van der Waals surface area contributed by atoms with Crippen LogP contribution in [-0.2, 0) is 28.6 Å². The summed E-state index contributed by atoms with van der Waals surface area (Å²) in [6.45, 7) is 6.41. The van der Waals surface area contributed by atoms with Gasteiger partial charge in [0.15, 0.2) is 6.10 Å². The molecule has 0 heterocycles. The van der Waals surface area contributed by atoms with Crippen molar-refractivity contribution in [2.45, 2.75) is 264 Å². The highest BCUT2D eigenvalue weighted by Gasteiger charge is 2.19. The Labute approximate surface area is 383 Å². The Morgan fingerprint density at radius 3 is 1.18 bits per heavy atom. The first-order valence-electron chi connectivity index (χ1n) is 26.3. The summed E-state index contributed by atoms with van der Waals surface area (Å²) >= 11 is 0. The molecule has 1 atom stereocenters.